The van der Waals surface area contributed by atoms with Crippen LogP contribution in [0.5, 0.6) is 0 Å². The summed E-state index contributed by atoms with van der Waals surface area (Å²) in [5.41, 5.74) is 0. The summed E-state index contributed by atoms with van der Waals surface area (Å²) in [6.45, 7) is 6.55. The molecule has 1 fully saturated rings. The first kappa shape index (κ1) is 12.1. The van der Waals surface area contributed by atoms with Crippen LogP contribution in [-0.2, 0) is 6.54 Å². The standard InChI is InChI=1S/C13H22N4O/c1-2-16-8-5-10(6-9-16)12-14-13-11(18)4-3-7-17(13)15-12/h10-11,18H,2-9H2,1H3. The molecule has 0 bridgehead atoms. The van der Waals surface area contributed by atoms with Crippen LogP contribution in [-0.4, -0.2) is 44.4 Å². The number of hydrogen-bond donors (Lipinski definition) is 1. The third-order valence-electron chi connectivity index (χ3n) is 4.26. The third-order valence-corrected chi connectivity index (χ3v) is 4.26. The van der Waals surface area contributed by atoms with Gasteiger partial charge < -0.3 is 10.0 Å². The van der Waals surface area contributed by atoms with Crippen molar-refractivity contribution in [3.05, 3.63) is 11.6 Å². The summed E-state index contributed by atoms with van der Waals surface area (Å²) in [4.78, 5) is 7.06. The van der Waals surface area contributed by atoms with Crippen LogP contribution in [0.3, 0.4) is 0 Å². The third kappa shape index (κ3) is 2.17. The summed E-state index contributed by atoms with van der Waals surface area (Å²) in [5, 5.41) is 14.5. The highest BCUT2D eigenvalue weighted by Gasteiger charge is 2.27. The van der Waals surface area contributed by atoms with Gasteiger partial charge in [-0.25, -0.2) is 9.67 Å². The van der Waals surface area contributed by atoms with Crippen LogP contribution < -0.4 is 0 Å². The van der Waals surface area contributed by atoms with Crippen LogP contribution in [0.2, 0.25) is 0 Å². The monoisotopic (exact) mass is 250 g/mol. The maximum Gasteiger partial charge on any atom is 0.156 e. The fourth-order valence-electron chi connectivity index (χ4n) is 3.03. The van der Waals surface area contributed by atoms with E-state index in [0.717, 1.165) is 63.5 Å². The minimum Gasteiger partial charge on any atom is -0.385 e. The molecule has 1 saturated heterocycles. The lowest BCUT2D eigenvalue weighted by molar-refractivity contribution is 0.130. The van der Waals surface area contributed by atoms with Crippen LogP contribution in [0, 0.1) is 0 Å². The van der Waals surface area contributed by atoms with E-state index in [-0.39, 0.29) is 0 Å². The van der Waals surface area contributed by atoms with E-state index in [1.165, 1.54) is 0 Å². The number of likely N-dealkylation sites (tertiary alicyclic amines) is 1. The second-order valence-corrected chi connectivity index (χ2v) is 5.42. The van der Waals surface area contributed by atoms with E-state index in [1.807, 2.05) is 4.68 Å². The zero-order valence-corrected chi connectivity index (χ0v) is 11.0. The molecule has 0 saturated carbocycles. The Hall–Kier alpha value is -0.940. The molecule has 2 aliphatic heterocycles. The van der Waals surface area contributed by atoms with E-state index >= 15 is 0 Å². The zero-order chi connectivity index (χ0) is 12.5. The Kier molecular flexibility index (Phi) is 3.35. The number of rotatable bonds is 2. The average Bonchev–Trinajstić information content (AvgIpc) is 2.84. The fourth-order valence-corrected chi connectivity index (χ4v) is 3.03. The van der Waals surface area contributed by atoms with Gasteiger partial charge in [-0.05, 0) is 45.3 Å². The van der Waals surface area contributed by atoms with Crippen molar-refractivity contribution in [2.75, 3.05) is 19.6 Å². The van der Waals surface area contributed by atoms with Gasteiger partial charge in [-0.15, -0.1) is 0 Å². The van der Waals surface area contributed by atoms with E-state index in [9.17, 15) is 5.11 Å². The summed E-state index contributed by atoms with van der Waals surface area (Å²) in [6.07, 6.45) is 3.72. The Balaban J connectivity index is 1.74. The number of aliphatic hydroxyl groups excluding tert-OH is 1. The Bertz CT molecular complexity index is 409. The Morgan fingerprint density at radius 1 is 1.22 bits per heavy atom. The highest BCUT2D eigenvalue weighted by atomic mass is 16.3. The number of hydrogen-bond acceptors (Lipinski definition) is 4. The van der Waals surface area contributed by atoms with Gasteiger partial charge in [-0.1, -0.05) is 6.92 Å². The SMILES string of the molecule is CCN1CCC(c2nc3n(n2)CCCC3O)CC1. The number of fused-ring (bicyclic) bond motifs is 1. The smallest absolute Gasteiger partial charge is 0.156 e. The number of aryl methyl sites for hydroxylation is 1. The van der Waals surface area contributed by atoms with Gasteiger partial charge in [-0.2, -0.15) is 5.10 Å². The molecule has 3 heterocycles. The second-order valence-electron chi connectivity index (χ2n) is 5.42. The van der Waals surface area contributed by atoms with E-state index in [4.69, 9.17) is 0 Å². The van der Waals surface area contributed by atoms with Crippen molar-refractivity contribution in [1.82, 2.24) is 19.7 Å². The van der Waals surface area contributed by atoms with E-state index in [1.54, 1.807) is 0 Å². The molecule has 100 valence electrons. The van der Waals surface area contributed by atoms with Crippen molar-refractivity contribution in [2.45, 2.75) is 51.2 Å². The molecule has 0 spiro atoms. The van der Waals surface area contributed by atoms with Gasteiger partial charge in [-0.3, -0.25) is 0 Å². The van der Waals surface area contributed by atoms with Gasteiger partial charge in [0.2, 0.25) is 0 Å². The number of aromatic nitrogens is 3. The molecule has 0 aromatic carbocycles. The molecule has 5 nitrogen and oxygen atoms in total. The molecule has 0 amide bonds. The van der Waals surface area contributed by atoms with Crippen LogP contribution in [0.25, 0.3) is 0 Å². The van der Waals surface area contributed by atoms with Crippen molar-refractivity contribution in [3.8, 4) is 0 Å². The van der Waals surface area contributed by atoms with Gasteiger partial charge in [0.25, 0.3) is 0 Å². The van der Waals surface area contributed by atoms with Crippen LogP contribution in [0.4, 0.5) is 0 Å². The molecule has 5 heteroatoms. The van der Waals surface area contributed by atoms with Crippen LogP contribution >= 0.6 is 0 Å². The molecule has 18 heavy (non-hydrogen) atoms. The van der Waals surface area contributed by atoms with Gasteiger partial charge in [0.05, 0.1) is 0 Å². The topological polar surface area (TPSA) is 54.2 Å². The molecule has 3 rings (SSSR count). The molecular formula is C13H22N4O. The number of nitrogens with zero attached hydrogens (tertiary/aromatic N) is 4. The summed E-state index contributed by atoms with van der Waals surface area (Å²) in [7, 11) is 0. The molecular weight excluding hydrogens is 228 g/mol. The van der Waals surface area contributed by atoms with Crippen molar-refractivity contribution < 1.29 is 5.11 Å². The molecule has 1 aromatic heterocycles. The van der Waals surface area contributed by atoms with Gasteiger partial charge in [0.1, 0.15) is 6.10 Å². The predicted molar refractivity (Wildman–Crippen MR) is 68.3 cm³/mol. The molecule has 2 aliphatic rings. The van der Waals surface area contributed by atoms with Crippen molar-refractivity contribution >= 4 is 0 Å². The summed E-state index contributed by atoms with van der Waals surface area (Å²) >= 11 is 0. The predicted octanol–water partition coefficient (Wildman–Crippen LogP) is 1.30. The van der Waals surface area contributed by atoms with E-state index in [0.29, 0.717) is 5.92 Å². The zero-order valence-electron chi connectivity index (χ0n) is 11.0. The van der Waals surface area contributed by atoms with E-state index in [2.05, 4.69) is 21.9 Å². The van der Waals surface area contributed by atoms with Crippen LogP contribution in [0.1, 0.15) is 56.3 Å². The lowest BCUT2D eigenvalue weighted by Gasteiger charge is -2.29. The molecule has 0 radical (unpaired) electrons. The molecule has 1 atom stereocenters. The Labute approximate surface area is 108 Å². The van der Waals surface area contributed by atoms with Gasteiger partial charge in [0, 0.05) is 12.5 Å². The van der Waals surface area contributed by atoms with Crippen molar-refractivity contribution in [1.29, 1.82) is 0 Å². The number of piperidine rings is 1. The molecule has 1 N–H and O–H groups in total. The van der Waals surface area contributed by atoms with Crippen LogP contribution in [0.15, 0.2) is 0 Å². The highest BCUT2D eigenvalue weighted by molar-refractivity contribution is 5.04. The molecule has 1 unspecified atom stereocenters. The van der Waals surface area contributed by atoms with E-state index < -0.39 is 6.10 Å². The summed E-state index contributed by atoms with van der Waals surface area (Å²) < 4.78 is 1.91. The van der Waals surface area contributed by atoms with Gasteiger partial charge in [0.15, 0.2) is 11.6 Å². The lowest BCUT2D eigenvalue weighted by atomic mass is 9.96. The highest BCUT2D eigenvalue weighted by Crippen LogP contribution is 2.29. The Morgan fingerprint density at radius 3 is 2.67 bits per heavy atom. The molecule has 0 aliphatic carbocycles. The maximum absolute atomic E-state index is 9.92. The summed E-state index contributed by atoms with van der Waals surface area (Å²) in [5.74, 6) is 2.23. The average molecular weight is 250 g/mol. The van der Waals surface area contributed by atoms with Crippen molar-refractivity contribution in [2.24, 2.45) is 0 Å². The first-order valence-electron chi connectivity index (χ1n) is 7.13. The normalized spacial score (nSPS) is 26.2. The quantitative estimate of drug-likeness (QED) is 0.859. The number of aliphatic hydroxyl groups is 1. The first-order valence-corrected chi connectivity index (χ1v) is 7.13. The fraction of sp³-hybridized carbons (Fsp3) is 0.846. The van der Waals surface area contributed by atoms with Crippen molar-refractivity contribution in [3.63, 3.8) is 0 Å². The summed E-state index contributed by atoms with van der Waals surface area (Å²) in [6, 6.07) is 0. The second kappa shape index (κ2) is 4.97. The maximum atomic E-state index is 9.92. The van der Waals surface area contributed by atoms with Gasteiger partial charge >= 0.3 is 0 Å². The largest absolute Gasteiger partial charge is 0.385 e. The Morgan fingerprint density at radius 2 is 2.00 bits per heavy atom. The minimum atomic E-state index is -0.407. The molecule has 1 aromatic rings. The lowest BCUT2D eigenvalue weighted by Crippen LogP contribution is -2.32. The minimum absolute atomic E-state index is 0.407. The first-order chi connectivity index (χ1) is 8.78.